The first-order chi connectivity index (χ1) is 10.3. The van der Waals surface area contributed by atoms with Gasteiger partial charge in [0.2, 0.25) is 0 Å². The molecule has 0 bridgehead atoms. The largest absolute Gasteiger partial charge is 0.395 e. The summed E-state index contributed by atoms with van der Waals surface area (Å²) < 4.78 is 0. The summed E-state index contributed by atoms with van der Waals surface area (Å²) in [5, 5.41) is 13.7. The van der Waals surface area contributed by atoms with Crippen molar-refractivity contribution >= 4 is 17.2 Å². The van der Waals surface area contributed by atoms with E-state index < -0.39 is 0 Å². The van der Waals surface area contributed by atoms with Crippen molar-refractivity contribution in [3.8, 4) is 11.8 Å². The number of hydrogen-bond donors (Lipinski definition) is 2. The number of hydrogen-bond acceptors (Lipinski definition) is 3. The molecule has 0 atom stereocenters. The van der Waals surface area contributed by atoms with Crippen LogP contribution in [0.5, 0.6) is 0 Å². The molecule has 2 saturated carbocycles. The standard InChI is InChI=1S/C17H21NO2S/c19-8-2-1-3-15-9-14(11-21-15)17(20)18-10-16(12-4-5-12)13-6-7-13/h9,11-13,16,19H,2,4-8,10H2,(H,18,20). The third-order valence-electron chi connectivity index (χ3n) is 4.26. The first kappa shape index (κ1) is 14.6. The van der Waals surface area contributed by atoms with Crippen LogP contribution >= 0.6 is 11.3 Å². The lowest BCUT2D eigenvalue weighted by Gasteiger charge is -2.15. The quantitative estimate of drug-likeness (QED) is 0.794. The molecule has 1 amide bonds. The maximum atomic E-state index is 12.2. The van der Waals surface area contributed by atoms with Gasteiger partial charge in [-0.05, 0) is 49.5 Å². The normalized spacial score (nSPS) is 17.4. The van der Waals surface area contributed by atoms with E-state index in [9.17, 15) is 4.79 Å². The molecule has 3 rings (SSSR count). The molecule has 1 aromatic rings. The molecule has 2 fully saturated rings. The molecule has 0 aliphatic heterocycles. The maximum Gasteiger partial charge on any atom is 0.252 e. The fraction of sp³-hybridized carbons (Fsp3) is 0.588. The first-order valence-corrected chi connectivity index (χ1v) is 8.62. The minimum atomic E-state index is 0.0211. The first-order valence-electron chi connectivity index (χ1n) is 7.74. The Bertz CT molecular complexity index is 549. The van der Waals surface area contributed by atoms with Crippen molar-refractivity contribution in [2.75, 3.05) is 13.2 Å². The van der Waals surface area contributed by atoms with Crippen LogP contribution in [0.2, 0.25) is 0 Å². The maximum absolute atomic E-state index is 12.2. The zero-order valence-electron chi connectivity index (χ0n) is 12.1. The van der Waals surface area contributed by atoms with Crippen molar-refractivity contribution in [3.05, 3.63) is 21.9 Å². The molecule has 0 spiro atoms. The Balaban J connectivity index is 1.52. The zero-order chi connectivity index (χ0) is 14.7. The molecule has 0 unspecified atom stereocenters. The van der Waals surface area contributed by atoms with E-state index in [-0.39, 0.29) is 12.5 Å². The van der Waals surface area contributed by atoms with Gasteiger partial charge in [0.25, 0.3) is 5.91 Å². The molecule has 0 aromatic carbocycles. The smallest absolute Gasteiger partial charge is 0.252 e. The average Bonchev–Trinajstić information content (AvgIpc) is 3.40. The summed E-state index contributed by atoms with van der Waals surface area (Å²) in [4.78, 5) is 13.1. The fourth-order valence-electron chi connectivity index (χ4n) is 2.81. The van der Waals surface area contributed by atoms with Gasteiger partial charge in [-0.25, -0.2) is 0 Å². The van der Waals surface area contributed by atoms with Gasteiger partial charge >= 0.3 is 0 Å². The molecule has 2 N–H and O–H groups in total. The van der Waals surface area contributed by atoms with Crippen LogP contribution in [0.25, 0.3) is 0 Å². The molecule has 0 saturated heterocycles. The topological polar surface area (TPSA) is 49.3 Å². The van der Waals surface area contributed by atoms with Crippen molar-refractivity contribution in [2.45, 2.75) is 32.1 Å². The van der Waals surface area contributed by atoms with Crippen molar-refractivity contribution in [1.29, 1.82) is 0 Å². The van der Waals surface area contributed by atoms with Crippen molar-refractivity contribution < 1.29 is 9.90 Å². The van der Waals surface area contributed by atoms with Crippen LogP contribution in [-0.2, 0) is 0 Å². The summed E-state index contributed by atoms with van der Waals surface area (Å²) in [6.07, 6.45) is 5.87. The number of amides is 1. The molecule has 2 aliphatic rings. The highest BCUT2D eigenvalue weighted by atomic mass is 32.1. The highest BCUT2D eigenvalue weighted by molar-refractivity contribution is 7.10. The summed E-state index contributed by atoms with van der Waals surface area (Å²) in [6.45, 7) is 0.908. The highest BCUT2D eigenvalue weighted by Gasteiger charge is 2.41. The van der Waals surface area contributed by atoms with Crippen LogP contribution in [0.1, 0.15) is 47.3 Å². The lowest BCUT2D eigenvalue weighted by atomic mass is 9.98. The molecule has 1 heterocycles. The second-order valence-electron chi connectivity index (χ2n) is 6.02. The van der Waals surface area contributed by atoms with Crippen LogP contribution in [0.3, 0.4) is 0 Å². The summed E-state index contributed by atoms with van der Waals surface area (Å²) >= 11 is 1.48. The fourth-order valence-corrected chi connectivity index (χ4v) is 3.56. The lowest BCUT2D eigenvalue weighted by Crippen LogP contribution is -2.30. The van der Waals surface area contributed by atoms with Crippen molar-refractivity contribution in [1.82, 2.24) is 5.32 Å². The summed E-state index contributed by atoms with van der Waals surface area (Å²) in [7, 11) is 0. The van der Waals surface area contributed by atoms with Crippen LogP contribution in [0.4, 0.5) is 0 Å². The summed E-state index contributed by atoms with van der Waals surface area (Å²) in [5.41, 5.74) is 0.707. The van der Waals surface area contributed by atoms with E-state index in [1.165, 1.54) is 37.0 Å². The number of rotatable bonds is 6. The van der Waals surface area contributed by atoms with Gasteiger partial charge < -0.3 is 10.4 Å². The number of thiophene rings is 1. The van der Waals surface area contributed by atoms with Gasteiger partial charge in [0, 0.05) is 18.3 Å². The molecule has 3 nitrogen and oxygen atoms in total. The number of carbonyl (C=O) groups is 1. The van der Waals surface area contributed by atoms with Crippen LogP contribution < -0.4 is 5.32 Å². The minimum absolute atomic E-state index is 0.0211. The van der Waals surface area contributed by atoms with E-state index >= 15 is 0 Å². The second-order valence-corrected chi connectivity index (χ2v) is 6.93. The monoisotopic (exact) mass is 303 g/mol. The van der Waals surface area contributed by atoms with E-state index in [4.69, 9.17) is 5.11 Å². The molecular weight excluding hydrogens is 282 g/mol. The van der Waals surface area contributed by atoms with Crippen LogP contribution in [0.15, 0.2) is 11.4 Å². The van der Waals surface area contributed by atoms with Gasteiger partial charge in [-0.15, -0.1) is 11.3 Å². The van der Waals surface area contributed by atoms with Gasteiger partial charge in [0.15, 0.2) is 0 Å². The summed E-state index contributed by atoms with van der Waals surface area (Å²) in [6, 6.07) is 1.84. The number of aliphatic hydroxyl groups excluding tert-OH is 1. The minimum Gasteiger partial charge on any atom is -0.395 e. The Labute approximate surface area is 129 Å². The molecular formula is C17H21NO2S. The third-order valence-corrected chi connectivity index (χ3v) is 5.11. The van der Waals surface area contributed by atoms with E-state index in [1.54, 1.807) is 0 Å². The lowest BCUT2D eigenvalue weighted by molar-refractivity contribution is 0.0944. The van der Waals surface area contributed by atoms with E-state index in [0.29, 0.717) is 17.9 Å². The Kier molecular flexibility index (Phi) is 4.62. The van der Waals surface area contributed by atoms with Gasteiger partial charge in [-0.2, -0.15) is 0 Å². The van der Waals surface area contributed by atoms with Gasteiger partial charge in [-0.3, -0.25) is 4.79 Å². The van der Waals surface area contributed by atoms with E-state index in [1.807, 2.05) is 11.4 Å². The van der Waals surface area contributed by atoms with Crippen molar-refractivity contribution in [2.24, 2.45) is 17.8 Å². The molecule has 0 radical (unpaired) electrons. The molecule has 2 aliphatic carbocycles. The second kappa shape index (κ2) is 6.64. The Hall–Kier alpha value is -1.31. The van der Waals surface area contributed by atoms with Crippen LogP contribution in [-0.4, -0.2) is 24.2 Å². The summed E-state index contributed by atoms with van der Waals surface area (Å²) in [5.74, 6) is 8.30. The number of carbonyl (C=O) groups excluding carboxylic acids is 1. The van der Waals surface area contributed by atoms with E-state index in [2.05, 4.69) is 17.2 Å². The molecule has 112 valence electrons. The predicted octanol–water partition coefficient (Wildman–Crippen LogP) is 2.65. The Morgan fingerprint density at radius 3 is 2.71 bits per heavy atom. The highest BCUT2D eigenvalue weighted by Crippen LogP contribution is 2.48. The van der Waals surface area contributed by atoms with Crippen LogP contribution in [0, 0.1) is 29.6 Å². The average molecular weight is 303 g/mol. The Morgan fingerprint density at radius 1 is 1.38 bits per heavy atom. The number of aliphatic hydroxyl groups is 1. The third kappa shape index (κ3) is 4.09. The Morgan fingerprint density at radius 2 is 2.10 bits per heavy atom. The molecule has 21 heavy (non-hydrogen) atoms. The van der Waals surface area contributed by atoms with Gasteiger partial charge in [-0.1, -0.05) is 11.8 Å². The number of nitrogens with one attached hydrogen (secondary N) is 1. The van der Waals surface area contributed by atoms with Gasteiger partial charge in [0.05, 0.1) is 17.0 Å². The molecule has 1 aromatic heterocycles. The van der Waals surface area contributed by atoms with Crippen molar-refractivity contribution in [3.63, 3.8) is 0 Å². The predicted molar refractivity (Wildman–Crippen MR) is 84.2 cm³/mol. The van der Waals surface area contributed by atoms with Gasteiger partial charge in [0.1, 0.15) is 0 Å². The molecule has 4 heteroatoms. The SMILES string of the molecule is O=C(NCC(C1CC1)C1CC1)c1csc(C#CCCO)c1. The van der Waals surface area contributed by atoms with E-state index in [0.717, 1.165) is 23.3 Å². The zero-order valence-corrected chi connectivity index (χ0v) is 12.9.